The predicted octanol–water partition coefficient (Wildman–Crippen LogP) is 5.72. The van der Waals surface area contributed by atoms with Gasteiger partial charge in [-0.1, -0.05) is 11.6 Å². The maximum absolute atomic E-state index is 13.2. The Labute approximate surface area is 164 Å². The first-order valence-corrected chi connectivity index (χ1v) is 8.38. The van der Waals surface area contributed by atoms with Gasteiger partial charge in [-0.3, -0.25) is 4.79 Å². The van der Waals surface area contributed by atoms with Gasteiger partial charge >= 0.3 is 18.3 Å². The van der Waals surface area contributed by atoms with Gasteiger partial charge in [0.25, 0.3) is 0 Å². The Morgan fingerprint density at radius 3 is 2.24 bits per heavy atom. The van der Waals surface area contributed by atoms with Gasteiger partial charge in [-0.2, -0.15) is 26.3 Å². The normalized spacial score (nSPS) is 19.3. The quantitative estimate of drug-likeness (QED) is 0.620. The van der Waals surface area contributed by atoms with Crippen molar-refractivity contribution in [1.29, 1.82) is 0 Å². The maximum atomic E-state index is 13.2. The molecule has 29 heavy (non-hydrogen) atoms. The van der Waals surface area contributed by atoms with Crippen LogP contribution in [0.2, 0.25) is 5.02 Å². The number of aliphatic carboxylic acids is 1. The third-order valence-electron chi connectivity index (χ3n) is 4.22. The Balaban J connectivity index is 1.90. The molecule has 3 rings (SSSR count). The molecule has 0 fully saturated rings. The van der Waals surface area contributed by atoms with Crippen molar-refractivity contribution in [2.75, 3.05) is 0 Å². The molecule has 0 saturated carbocycles. The summed E-state index contributed by atoms with van der Waals surface area (Å²) < 4.78 is 87.6. The van der Waals surface area contributed by atoms with Crippen molar-refractivity contribution in [2.24, 2.45) is 5.92 Å². The van der Waals surface area contributed by atoms with Gasteiger partial charge in [0.2, 0.25) is 6.10 Å². The predicted molar refractivity (Wildman–Crippen MR) is 88.3 cm³/mol. The highest BCUT2D eigenvalue weighted by Crippen LogP contribution is 2.43. The fourth-order valence-corrected chi connectivity index (χ4v) is 3.06. The molecule has 1 aliphatic rings. The van der Waals surface area contributed by atoms with Crippen molar-refractivity contribution in [3.05, 3.63) is 52.5 Å². The highest BCUT2D eigenvalue weighted by molar-refractivity contribution is 6.32. The second-order valence-electron chi connectivity index (χ2n) is 6.24. The Kier molecular flexibility index (Phi) is 5.33. The number of ether oxygens (including phenoxy) is 2. The summed E-state index contributed by atoms with van der Waals surface area (Å²) in [6.07, 6.45) is -12.5. The second-order valence-corrected chi connectivity index (χ2v) is 6.65. The molecular weight excluding hydrogens is 430 g/mol. The van der Waals surface area contributed by atoms with Crippen molar-refractivity contribution in [3.8, 4) is 17.2 Å². The number of hydrogen-bond acceptors (Lipinski definition) is 3. The van der Waals surface area contributed by atoms with Crippen LogP contribution in [-0.2, 0) is 17.4 Å². The van der Waals surface area contributed by atoms with Gasteiger partial charge in [-0.15, -0.1) is 0 Å². The third-order valence-corrected chi connectivity index (χ3v) is 4.52. The largest absolute Gasteiger partial charge is 0.481 e. The molecule has 1 heterocycles. The zero-order chi connectivity index (χ0) is 21.6. The molecule has 0 aromatic heterocycles. The van der Waals surface area contributed by atoms with Crippen LogP contribution < -0.4 is 9.47 Å². The van der Waals surface area contributed by atoms with Gasteiger partial charge in [0.05, 0.1) is 10.6 Å². The highest BCUT2D eigenvalue weighted by Gasteiger charge is 2.52. The van der Waals surface area contributed by atoms with Crippen LogP contribution in [0.3, 0.4) is 0 Å². The smallest absolute Gasteiger partial charge is 0.426 e. The number of carbonyl (C=O) groups is 1. The number of halogens is 7. The molecule has 4 nitrogen and oxygen atoms in total. The van der Waals surface area contributed by atoms with E-state index < -0.39 is 42.3 Å². The van der Waals surface area contributed by atoms with E-state index in [1.165, 1.54) is 6.07 Å². The number of benzene rings is 2. The topological polar surface area (TPSA) is 55.8 Å². The molecule has 2 aromatic carbocycles. The summed E-state index contributed by atoms with van der Waals surface area (Å²) in [5, 5.41) is 9.01. The minimum atomic E-state index is -4.92. The van der Waals surface area contributed by atoms with E-state index in [0.29, 0.717) is 0 Å². The molecule has 2 aromatic rings. The number of carboxylic acids is 1. The van der Waals surface area contributed by atoms with Crippen LogP contribution in [0.25, 0.3) is 0 Å². The van der Waals surface area contributed by atoms with Gasteiger partial charge in [-0.25, -0.2) is 0 Å². The second kappa shape index (κ2) is 7.33. The van der Waals surface area contributed by atoms with Crippen molar-refractivity contribution in [3.63, 3.8) is 0 Å². The van der Waals surface area contributed by atoms with E-state index in [1.54, 1.807) is 0 Å². The number of rotatable bonds is 3. The molecule has 0 spiro atoms. The van der Waals surface area contributed by atoms with Crippen molar-refractivity contribution >= 4 is 17.6 Å². The lowest BCUT2D eigenvalue weighted by Crippen LogP contribution is -2.47. The molecule has 1 N–H and O–H groups in total. The highest BCUT2D eigenvalue weighted by atomic mass is 35.5. The van der Waals surface area contributed by atoms with E-state index >= 15 is 0 Å². The Morgan fingerprint density at radius 1 is 1.10 bits per heavy atom. The van der Waals surface area contributed by atoms with E-state index in [-0.39, 0.29) is 27.8 Å². The first kappa shape index (κ1) is 21.1. The Hall–Kier alpha value is -2.62. The van der Waals surface area contributed by atoms with Gasteiger partial charge in [0, 0.05) is 6.07 Å². The SMILES string of the molecule is O=C(O)[C@@H]1Cc2cc(Cl)c(Oc3ccc(C(F)(F)F)cc3)cc2O[C@@H]1C(F)(F)F. The van der Waals surface area contributed by atoms with E-state index in [9.17, 15) is 31.1 Å². The van der Waals surface area contributed by atoms with Crippen LogP contribution in [0.5, 0.6) is 17.2 Å². The van der Waals surface area contributed by atoms with Crippen molar-refractivity contribution in [2.45, 2.75) is 24.9 Å². The zero-order valence-corrected chi connectivity index (χ0v) is 14.9. The summed E-state index contributed by atoms with van der Waals surface area (Å²) in [6, 6.07) is 5.85. The molecule has 156 valence electrons. The van der Waals surface area contributed by atoms with E-state index in [4.69, 9.17) is 26.2 Å². The van der Waals surface area contributed by atoms with E-state index in [1.807, 2.05) is 0 Å². The fourth-order valence-electron chi connectivity index (χ4n) is 2.84. The molecule has 0 saturated heterocycles. The third kappa shape index (κ3) is 4.52. The molecule has 1 aliphatic heterocycles. The molecular formula is C18H11ClF6O4. The average Bonchev–Trinajstić information content (AvgIpc) is 2.60. The monoisotopic (exact) mass is 440 g/mol. The Morgan fingerprint density at radius 2 is 1.72 bits per heavy atom. The van der Waals surface area contributed by atoms with Crippen LogP contribution in [0.1, 0.15) is 11.1 Å². The van der Waals surface area contributed by atoms with E-state index in [2.05, 4.69) is 0 Å². The average molecular weight is 441 g/mol. The fraction of sp³-hybridized carbons (Fsp3) is 0.278. The standard InChI is InChI=1S/C18H11ClF6O4/c19-12-6-8-5-11(16(26)27)15(18(23,24)25)29-13(8)7-14(12)28-10-3-1-9(2-4-10)17(20,21)22/h1-4,6-7,11,15H,5H2,(H,26,27)/t11-,15+/m1/s1. The van der Waals surface area contributed by atoms with Gasteiger partial charge in [-0.05, 0) is 42.3 Å². The molecule has 2 atom stereocenters. The number of hydrogen-bond donors (Lipinski definition) is 1. The van der Waals surface area contributed by atoms with Gasteiger partial charge in [0.1, 0.15) is 23.2 Å². The molecule has 0 unspecified atom stereocenters. The summed E-state index contributed by atoms with van der Waals surface area (Å²) in [4.78, 5) is 11.2. The van der Waals surface area contributed by atoms with Crippen LogP contribution >= 0.6 is 11.6 Å². The van der Waals surface area contributed by atoms with Gasteiger partial charge < -0.3 is 14.6 Å². The summed E-state index contributed by atoms with van der Waals surface area (Å²) in [6.45, 7) is 0. The molecule has 0 amide bonds. The minimum absolute atomic E-state index is 0.0357. The lowest BCUT2D eigenvalue weighted by atomic mass is 9.90. The zero-order valence-electron chi connectivity index (χ0n) is 14.1. The van der Waals surface area contributed by atoms with Crippen molar-refractivity contribution < 1.29 is 45.7 Å². The first-order valence-electron chi connectivity index (χ1n) is 8.00. The molecule has 0 bridgehead atoms. The lowest BCUT2D eigenvalue weighted by molar-refractivity contribution is -0.217. The Bertz CT molecular complexity index is 924. The van der Waals surface area contributed by atoms with Crippen LogP contribution in [0.4, 0.5) is 26.3 Å². The van der Waals surface area contributed by atoms with Crippen LogP contribution in [-0.4, -0.2) is 23.4 Å². The number of carboxylic acid groups (broad SMARTS) is 1. The summed E-state index contributed by atoms with van der Waals surface area (Å²) in [7, 11) is 0. The maximum Gasteiger partial charge on any atom is 0.426 e. The van der Waals surface area contributed by atoms with Crippen molar-refractivity contribution in [1.82, 2.24) is 0 Å². The minimum Gasteiger partial charge on any atom is -0.481 e. The lowest BCUT2D eigenvalue weighted by Gasteiger charge is -2.32. The van der Waals surface area contributed by atoms with Crippen LogP contribution in [0, 0.1) is 5.92 Å². The summed E-state index contributed by atoms with van der Waals surface area (Å²) in [5.41, 5.74) is -0.764. The number of fused-ring (bicyclic) bond motifs is 1. The molecule has 11 heteroatoms. The molecule has 0 aliphatic carbocycles. The molecule has 0 radical (unpaired) electrons. The van der Waals surface area contributed by atoms with Gasteiger partial charge in [0.15, 0.2) is 0 Å². The van der Waals surface area contributed by atoms with E-state index in [0.717, 1.165) is 30.3 Å². The van der Waals surface area contributed by atoms with Crippen LogP contribution in [0.15, 0.2) is 36.4 Å². The number of alkyl halides is 6. The summed E-state index contributed by atoms with van der Waals surface area (Å²) in [5.74, 6) is -3.97. The summed E-state index contributed by atoms with van der Waals surface area (Å²) >= 11 is 6.04. The first-order chi connectivity index (χ1) is 13.4.